The van der Waals surface area contributed by atoms with Gasteiger partial charge in [0.25, 0.3) is 0 Å². The summed E-state index contributed by atoms with van der Waals surface area (Å²) in [5, 5.41) is 0. The van der Waals surface area contributed by atoms with Crippen LogP contribution >= 0.6 is 0 Å². The van der Waals surface area contributed by atoms with E-state index in [2.05, 4.69) is 25.1 Å². The van der Waals surface area contributed by atoms with Gasteiger partial charge in [0.15, 0.2) is 12.6 Å². The molecular formula is C18H28O4. The molecule has 1 fully saturated rings. The summed E-state index contributed by atoms with van der Waals surface area (Å²) < 4.78 is 21.8. The summed E-state index contributed by atoms with van der Waals surface area (Å²) in [5.41, 5.74) is 3.51. The zero-order valence-corrected chi connectivity index (χ0v) is 14.3. The van der Waals surface area contributed by atoms with Crippen molar-refractivity contribution in [3.8, 4) is 0 Å². The quantitative estimate of drug-likeness (QED) is 0.711. The van der Waals surface area contributed by atoms with E-state index in [0.29, 0.717) is 0 Å². The number of hydrogen-bond donors (Lipinski definition) is 0. The van der Waals surface area contributed by atoms with Gasteiger partial charge >= 0.3 is 0 Å². The zero-order chi connectivity index (χ0) is 16.2. The lowest BCUT2D eigenvalue weighted by atomic mass is 9.79. The first-order valence-corrected chi connectivity index (χ1v) is 7.85. The first-order chi connectivity index (χ1) is 10.6. The highest BCUT2D eigenvalue weighted by atomic mass is 16.7. The maximum atomic E-state index is 5.48. The summed E-state index contributed by atoms with van der Waals surface area (Å²) in [4.78, 5) is 0. The van der Waals surface area contributed by atoms with Crippen LogP contribution in [-0.4, -0.2) is 28.4 Å². The smallest absolute Gasteiger partial charge is 0.183 e. The molecule has 4 heteroatoms. The predicted molar refractivity (Wildman–Crippen MR) is 85.8 cm³/mol. The molecule has 1 aliphatic carbocycles. The molecule has 0 bridgehead atoms. The van der Waals surface area contributed by atoms with Gasteiger partial charge in [0.2, 0.25) is 0 Å². The number of ether oxygens (including phenoxy) is 4. The predicted octanol–water partition coefficient (Wildman–Crippen LogP) is 4.10. The molecule has 22 heavy (non-hydrogen) atoms. The van der Waals surface area contributed by atoms with Gasteiger partial charge in [-0.05, 0) is 29.9 Å². The van der Waals surface area contributed by atoms with E-state index in [1.165, 1.54) is 31.2 Å². The number of methoxy groups -OCH3 is 4. The first kappa shape index (κ1) is 17.4. The van der Waals surface area contributed by atoms with Crippen molar-refractivity contribution in [2.75, 3.05) is 28.4 Å². The van der Waals surface area contributed by atoms with Crippen LogP contribution in [0.15, 0.2) is 18.2 Å². The van der Waals surface area contributed by atoms with E-state index < -0.39 is 12.6 Å². The summed E-state index contributed by atoms with van der Waals surface area (Å²) in [7, 11) is 6.57. The average molecular weight is 308 g/mol. The SMILES string of the molecule is COC(OC)c1ccc(C2(C)CCCC2)cc1C(OC)OC. The van der Waals surface area contributed by atoms with E-state index in [1.54, 1.807) is 28.4 Å². The van der Waals surface area contributed by atoms with E-state index in [-0.39, 0.29) is 5.41 Å². The molecule has 0 aromatic heterocycles. The Balaban J connectivity index is 2.47. The third-order valence-electron chi connectivity index (χ3n) is 4.85. The fraction of sp³-hybridized carbons (Fsp3) is 0.667. The van der Waals surface area contributed by atoms with Crippen molar-refractivity contribution in [1.29, 1.82) is 0 Å². The van der Waals surface area contributed by atoms with Crippen LogP contribution in [0, 0.1) is 0 Å². The van der Waals surface area contributed by atoms with Gasteiger partial charge in [-0.1, -0.05) is 31.9 Å². The summed E-state index contributed by atoms with van der Waals surface area (Å²) in [6.45, 7) is 2.34. The number of benzene rings is 1. The van der Waals surface area contributed by atoms with Gasteiger partial charge in [0.05, 0.1) is 0 Å². The van der Waals surface area contributed by atoms with E-state index in [9.17, 15) is 0 Å². The van der Waals surface area contributed by atoms with Gasteiger partial charge in [-0.15, -0.1) is 0 Å². The Hall–Kier alpha value is -0.940. The van der Waals surface area contributed by atoms with Crippen molar-refractivity contribution in [2.24, 2.45) is 0 Å². The maximum Gasteiger partial charge on any atom is 0.183 e. The van der Waals surface area contributed by atoms with Crippen LogP contribution in [0.2, 0.25) is 0 Å². The minimum Gasteiger partial charge on any atom is -0.352 e. The van der Waals surface area contributed by atoms with Crippen LogP contribution in [0.4, 0.5) is 0 Å². The summed E-state index contributed by atoms with van der Waals surface area (Å²) in [5.74, 6) is 0. The van der Waals surface area contributed by atoms with Crippen molar-refractivity contribution >= 4 is 0 Å². The molecule has 0 saturated heterocycles. The Morgan fingerprint density at radius 2 is 1.32 bits per heavy atom. The highest BCUT2D eigenvalue weighted by molar-refractivity contribution is 5.38. The van der Waals surface area contributed by atoms with Crippen molar-refractivity contribution in [3.05, 3.63) is 34.9 Å². The fourth-order valence-corrected chi connectivity index (χ4v) is 3.51. The van der Waals surface area contributed by atoms with Gasteiger partial charge in [0, 0.05) is 39.6 Å². The molecule has 4 nitrogen and oxygen atoms in total. The Labute approximate surface area is 133 Å². The second-order valence-electron chi connectivity index (χ2n) is 6.22. The van der Waals surface area contributed by atoms with Gasteiger partial charge in [-0.3, -0.25) is 0 Å². The molecule has 1 aromatic carbocycles. The molecule has 0 amide bonds. The first-order valence-electron chi connectivity index (χ1n) is 7.85. The normalized spacial score (nSPS) is 17.6. The molecule has 2 rings (SSSR count). The lowest BCUT2D eigenvalue weighted by Gasteiger charge is -2.28. The van der Waals surface area contributed by atoms with Crippen LogP contribution < -0.4 is 0 Å². The second-order valence-corrected chi connectivity index (χ2v) is 6.22. The molecule has 0 N–H and O–H groups in total. The molecule has 0 spiro atoms. The lowest BCUT2D eigenvalue weighted by Crippen LogP contribution is -2.19. The number of rotatable bonds is 7. The minimum absolute atomic E-state index is 0.245. The number of hydrogen-bond acceptors (Lipinski definition) is 4. The lowest BCUT2D eigenvalue weighted by molar-refractivity contribution is -0.123. The van der Waals surface area contributed by atoms with Gasteiger partial charge in [-0.25, -0.2) is 0 Å². The fourth-order valence-electron chi connectivity index (χ4n) is 3.51. The summed E-state index contributed by atoms with van der Waals surface area (Å²) >= 11 is 0. The molecule has 124 valence electrons. The van der Waals surface area contributed by atoms with Crippen molar-refractivity contribution in [3.63, 3.8) is 0 Å². The highest BCUT2D eigenvalue weighted by Gasteiger charge is 2.32. The topological polar surface area (TPSA) is 36.9 Å². The standard InChI is InChI=1S/C18H28O4/c1-18(10-6-7-11-18)13-8-9-14(16(19-2)20-3)15(12-13)17(21-4)22-5/h8-9,12,16-17H,6-7,10-11H2,1-5H3. The monoisotopic (exact) mass is 308 g/mol. The Morgan fingerprint density at radius 3 is 1.82 bits per heavy atom. The van der Waals surface area contributed by atoms with Crippen LogP contribution in [0.1, 0.15) is 61.9 Å². The molecule has 0 atom stereocenters. The molecule has 1 aliphatic rings. The third kappa shape index (κ3) is 3.35. The van der Waals surface area contributed by atoms with E-state index in [4.69, 9.17) is 18.9 Å². The van der Waals surface area contributed by atoms with Crippen LogP contribution in [0.5, 0.6) is 0 Å². The van der Waals surface area contributed by atoms with Crippen LogP contribution in [0.25, 0.3) is 0 Å². The Kier molecular flexibility index (Phi) is 5.98. The zero-order valence-electron chi connectivity index (χ0n) is 14.3. The van der Waals surface area contributed by atoms with Gasteiger partial charge < -0.3 is 18.9 Å². The van der Waals surface area contributed by atoms with E-state index >= 15 is 0 Å². The van der Waals surface area contributed by atoms with Crippen LogP contribution in [0.3, 0.4) is 0 Å². The largest absolute Gasteiger partial charge is 0.352 e. The Morgan fingerprint density at radius 1 is 0.818 bits per heavy atom. The van der Waals surface area contributed by atoms with E-state index in [0.717, 1.165) is 11.1 Å². The van der Waals surface area contributed by atoms with Crippen molar-refractivity contribution < 1.29 is 18.9 Å². The van der Waals surface area contributed by atoms with Crippen LogP contribution in [-0.2, 0) is 24.4 Å². The van der Waals surface area contributed by atoms with Crippen molar-refractivity contribution in [1.82, 2.24) is 0 Å². The Bertz CT molecular complexity index is 472. The molecule has 0 radical (unpaired) electrons. The molecule has 0 unspecified atom stereocenters. The summed E-state index contributed by atoms with van der Waals surface area (Å²) in [6.07, 6.45) is 4.21. The third-order valence-corrected chi connectivity index (χ3v) is 4.85. The molecule has 0 aliphatic heterocycles. The highest BCUT2D eigenvalue weighted by Crippen LogP contribution is 2.42. The second kappa shape index (κ2) is 7.55. The average Bonchev–Trinajstić information content (AvgIpc) is 2.99. The molecule has 1 saturated carbocycles. The molecular weight excluding hydrogens is 280 g/mol. The maximum absolute atomic E-state index is 5.48. The van der Waals surface area contributed by atoms with E-state index in [1.807, 2.05) is 0 Å². The van der Waals surface area contributed by atoms with Gasteiger partial charge in [0.1, 0.15) is 0 Å². The molecule has 1 aromatic rings. The minimum atomic E-state index is -0.423. The van der Waals surface area contributed by atoms with Gasteiger partial charge in [-0.2, -0.15) is 0 Å². The van der Waals surface area contributed by atoms with Crippen molar-refractivity contribution in [2.45, 2.75) is 50.6 Å². The molecule has 0 heterocycles. The summed E-state index contributed by atoms with van der Waals surface area (Å²) in [6, 6.07) is 6.47.